The number of hydrogen-bond donors (Lipinski definition) is 1. The van der Waals surface area contributed by atoms with Crippen molar-refractivity contribution in [2.45, 2.75) is 39.7 Å². The second-order valence-corrected chi connectivity index (χ2v) is 6.21. The fourth-order valence-electron chi connectivity index (χ4n) is 3.29. The first kappa shape index (κ1) is 14.8. The zero-order valence-corrected chi connectivity index (χ0v) is 13.4. The highest BCUT2D eigenvalue weighted by Crippen LogP contribution is 2.27. The maximum atomic E-state index is 4.15. The van der Waals surface area contributed by atoms with Crippen molar-refractivity contribution in [1.29, 1.82) is 0 Å². The molecule has 0 radical (unpaired) electrons. The Morgan fingerprint density at radius 2 is 2.14 bits per heavy atom. The average molecular weight is 296 g/mol. The maximum absolute atomic E-state index is 4.15. The first-order valence-corrected chi connectivity index (χ1v) is 8.17. The van der Waals surface area contributed by atoms with E-state index in [9.17, 15) is 0 Å². The third-order valence-corrected chi connectivity index (χ3v) is 4.60. The molecule has 0 aliphatic carbocycles. The van der Waals surface area contributed by atoms with E-state index in [-0.39, 0.29) is 0 Å². The molecule has 0 saturated heterocycles. The maximum Gasteiger partial charge on any atom is 0.0692 e. The van der Waals surface area contributed by atoms with Crippen LogP contribution in [0.5, 0.6) is 0 Å². The van der Waals surface area contributed by atoms with Crippen LogP contribution in [0.2, 0.25) is 0 Å². The molecule has 0 saturated carbocycles. The fourth-order valence-corrected chi connectivity index (χ4v) is 3.29. The fraction of sp³-hybridized carbons (Fsp3) is 0.444. The lowest BCUT2D eigenvalue weighted by Gasteiger charge is -2.23. The van der Waals surface area contributed by atoms with Crippen LogP contribution in [0.3, 0.4) is 0 Å². The Bertz CT molecular complexity index is 699. The van der Waals surface area contributed by atoms with Gasteiger partial charge >= 0.3 is 0 Å². The van der Waals surface area contributed by atoms with Gasteiger partial charge in [-0.05, 0) is 29.9 Å². The zero-order valence-electron chi connectivity index (χ0n) is 13.4. The molecular formula is C18H24N4. The van der Waals surface area contributed by atoms with E-state index in [1.54, 1.807) is 6.20 Å². The summed E-state index contributed by atoms with van der Waals surface area (Å²) in [5.74, 6) is 1.24. The van der Waals surface area contributed by atoms with Crippen LogP contribution in [0.15, 0.2) is 42.9 Å². The Morgan fingerprint density at radius 1 is 1.27 bits per heavy atom. The van der Waals surface area contributed by atoms with Crippen molar-refractivity contribution in [3.8, 4) is 0 Å². The number of rotatable bonds is 7. The largest absolute Gasteiger partial charge is 0.361 e. The summed E-state index contributed by atoms with van der Waals surface area (Å²) in [4.78, 5) is 3.39. The van der Waals surface area contributed by atoms with Gasteiger partial charge in [-0.25, -0.2) is 0 Å². The molecule has 2 aromatic heterocycles. The number of fused-ring (bicyclic) bond motifs is 1. The monoisotopic (exact) mass is 296 g/mol. The van der Waals surface area contributed by atoms with Gasteiger partial charge in [0.15, 0.2) is 0 Å². The number of hydrogen-bond acceptors (Lipinski definition) is 2. The van der Waals surface area contributed by atoms with Gasteiger partial charge in [-0.15, -0.1) is 5.10 Å². The van der Waals surface area contributed by atoms with Gasteiger partial charge in [-0.1, -0.05) is 50.1 Å². The molecule has 2 atom stereocenters. The summed E-state index contributed by atoms with van der Waals surface area (Å²) in [5, 5.41) is 9.43. The summed E-state index contributed by atoms with van der Waals surface area (Å²) in [6, 6.07) is 8.54. The first-order chi connectivity index (χ1) is 10.8. The van der Waals surface area contributed by atoms with Crippen LogP contribution < -0.4 is 0 Å². The van der Waals surface area contributed by atoms with E-state index in [1.807, 2.05) is 10.9 Å². The molecule has 1 N–H and O–H groups in total. The van der Waals surface area contributed by atoms with E-state index < -0.39 is 0 Å². The van der Waals surface area contributed by atoms with Crippen LogP contribution in [0, 0.1) is 11.8 Å². The smallest absolute Gasteiger partial charge is 0.0692 e. The Morgan fingerprint density at radius 3 is 2.91 bits per heavy atom. The predicted octanol–water partition coefficient (Wildman–Crippen LogP) is 4.05. The molecule has 0 aliphatic heterocycles. The van der Waals surface area contributed by atoms with E-state index in [0.29, 0.717) is 11.8 Å². The number of nitrogens with one attached hydrogen (secondary N) is 1. The van der Waals surface area contributed by atoms with E-state index in [1.165, 1.54) is 29.3 Å². The summed E-state index contributed by atoms with van der Waals surface area (Å²) < 4.78 is 1.96. The van der Waals surface area contributed by atoms with Crippen molar-refractivity contribution >= 4 is 10.9 Å². The number of para-hydroxylation sites is 1. The molecule has 2 heterocycles. The number of benzene rings is 1. The molecule has 0 fully saturated rings. The van der Waals surface area contributed by atoms with Gasteiger partial charge in [-0.3, -0.25) is 4.68 Å². The lowest BCUT2D eigenvalue weighted by molar-refractivity contribution is 0.282. The number of nitrogens with zero attached hydrogens (tertiary/aromatic N) is 3. The van der Waals surface area contributed by atoms with E-state index in [0.717, 1.165) is 13.0 Å². The van der Waals surface area contributed by atoms with Crippen molar-refractivity contribution in [3.63, 3.8) is 0 Å². The van der Waals surface area contributed by atoms with Gasteiger partial charge < -0.3 is 4.98 Å². The second-order valence-electron chi connectivity index (χ2n) is 6.21. The van der Waals surface area contributed by atoms with Crippen molar-refractivity contribution in [2.24, 2.45) is 11.8 Å². The number of H-pyrrole nitrogens is 1. The van der Waals surface area contributed by atoms with Gasteiger partial charge in [0, 0.05) is 29.8 Å². The van der Waals surface area contributed by atoms with Crippen molar-refractivity contribution < 1.29 is 0 Å². The summed E-state index contributed by atoms with van der Waals surface area (Å²) >= 11 is 0. The first-order valence-electron chi connectivity index (χ1n) is 8.17. The summed E-state index contributed by atoms with van der Waals surface area (Å²) in [6.07, 6.45) is 9.43. The quantitative estimate of drug-likeness (QED) is 0.715. The molecule has 3 rings (SSSR count). The Kier molecular flexibility index (Phi) is 4.56. The van der Waals surface area contributed by atoms with Crippen molar-refractivity contribution in [1.82, 2.24) is 20.0 Å². The summed E-state index contributed by atoms with van der Waals surface area (Å²) in [7, 11) is 0. The van der Waals surface area contributed by atoms with Crippen molar-refractivity contribution in [2.75, 3.05) is 0 Å². The van der Waals surface area contributed by atoms with Gasteiger partial charge in [0.25, 0.3) is 0 Å². The molecule has 22 heavy (non-hydrogen) atoms. The van der Waals surface area contributed by atoms with Gasteiger partial charge in [0.05, 0.1) is 6.20 Å². The van der Waals surface area contributed by atoms with Gasteiger partial charge in [0.2, 0.25) is 0 Å². The van der Waals surface area contributed by atoms with Gasteiger partial charge in [-0.2, -0.15) is 0 Å². The predicted molar refractivity (Wildman–Crippen MR) is 89.6 cm³/mol. The highest BCUT2D eigenvalue weighted by molar-refractivity contribution is 5.83. The molecule has 4 nitrogen and oxygen atoms in total. The molecule has 3 aromatic rings. The molecule has 4 heteroatoms. The van der Waals surface area contributed by atoms with E-state index >= 15 is 0 Å². The van der Waals surface area contributed by atoms with E-state index in [4.69, 9.17) is 0 Å². The highest BCUT2D eigenvalue weighted by Gasteiger charge is 2.20. The van der Waals surface area contributed by atoms with Crippen LogP contribution in [0.4, 0.5) is 0 Å². The molecule has 0 aliphatic rings. The Balaban J connectivity index is 1.82. The SMILES string of the molecule is CCCC(C)C(Cc1c[nH]c2ccccc12)Cn1ccnn1. The van der Waals surface area contributed by atoms with Crippen LogP contribution >= 0.6 is 0 Å². The standard InChI is InChI=1S/C18H24N4/c1-3-6-14(2)16(13-22-10-9-20-21-22)11-15-12-19-18-8-5-4-7-17(15)18/h4-5,7-10,12,14,16,19H,3,6,11,13H2,1-2H3. The molecule has 116 valence electrons. The lowest BCUT2D eigenvalue weighted by atomic mass is 9.85. The summed E-state index contributed by atoms with van der Waals surface area (Å²) in [6.45, 7) is 5.55. The normalized spacial score (nSPS) is 14.3. The molecule has 0 spiro atoms. The Hall–Kier alpha value is -2.10. The number of aromatic amines is 1. The van der Waals surface area contributed by atoms with Crippen LogP contribution in [-0.4, -0.2) is 20.0 Å². The lowest BCUT2D eigenvalue weighted by Crippen LogP contribution is -2.21. The number of aromatic nitrogens is 4. The minimum atomic E-state index is 0.570. The zero-order chi connectivity index (χ0) is 15.4. The Labute approximate surface area is 131 Å². The highest BCUT2D eigenvalue weighted by atomic mass is 15.4. The van der Waals surface area contributed by atoms with E-state index in [2.05, 4.69) is 59.6 Å². The second kappa shape index (κ2) is 6.77. The van der Waals surface area contributed by atoms with Crippen molar-refractivity contribution in [3.05, 3.63) is 48.4 Å². The molecule has 0 bridgehead atoms. The minimum absolute atomic E-state index is 0.570. The van der Waals surface area contributed by atoms with Crippen LogP contribution in [-0.2, 0) is 13.0 Å². The molecule has 2 unspecified atom stereocenters. The molecular weight excluding hydrogens is 272 g/mol. The minimum Gasteiger partial charge on any atom is -0.361 e. The third kappa shape index (κ3) is 3.21. The van der Waals surface area contributed by atoms with Crippen LogP contribution in [0.25, 0.3) is 10.9 Å². The van der Waals surface area contributed by atoms with Crippen LogP contribution in [0.1, 0.15) is 32.3 Å². The molecule has 0 amide bonds. The average Bonchev–Trinajstić information content (AvgIpc) is 3.17. The van der Waals surface area contributed by atoms with Gasteiger partial charge in [0.1, 0.15) is 0 Å². The summed E-state index contributed by atoms with van der Waals surface area (Å²) in [5.41, 5.74) is 2.63. The molecule has 1 aromatic carbocycles. The third-order valence-electron chi connectivity index (χ3n) is 4.60. The topological polar surface area (TPSA) is 46.5 Å².